The molecule has 0 unspecified atom stereocenters. The maximum absolute atomic E-state index is 10.8. The smallest absolute Gasteiger partial charge is 0.337 e. The third-order valence-corrected chi connectivity index (χ3v) is 0.987. The van der Waals surface area contributed by atoms with Crippen LogP contribution in [0.1, 0.15) is 20.8 Å². The minimum atomic E-state index is -0.373. The lowest BCUT2D eigenvalue weighted by Crippen LogP contribution is -1.99. The molecule has 0 amide bonds. The molecule has 0 saturated heterocycles. The van der Waals surface area contributed by atoms with Gasteiger partial charge >= 0.3 is 5.97 Å². The van der Waals surface area contributed by atoms with E-state index in [0.717, 1.165) is 0 Å². The Balaban J connectivity index is 3.71. The van der Waals surface area contributed by atoms with Crippen molar-refractivity contribution >= 4 is 5.97 Å². The Labute approximate surface area is 67.6 Å². The summed E-state index contributed by atoms with van der Waals surface area (Å²) in [4.78, 5) is 10.8. The maximum Gasteiger partial charge on any atom is 0.337 e. The summed E-state index contributed by atoms with van der Waals surface area (Å²) in [6, 6.07) is 0. The van der Waals surface area contributed by atoms with Crippen LogP contribution in [-0.4, -0.2) is 5.97 Å². The van der Waals surface area contributed by atoms with Crippen molar-refractivity contribution in [1.82, 2.24) is 0 Å². The lowest BCUT2D eigenvalue weighted by molar-refractivity contribution is -0.133. The maximum atomic E-state index is 10.8. The highest BCUT2D eigenvalue weighted by molar-refractivity contribution is 5.87. The Morgan fingerprint density at radius 2 is 2.09 bits per heavy atom. The number of hydrogen-bond acceptors (Lipinski definition) is 2. The molecule has 0 rings (SSSR count). The fraction of sp³-hybridized carbons (Fsp3) is 0.444. The Morgan fingerprint density at radius 3 is 2.45 bits per heavy atom. The van der Waals surface area contributed by atoms with Crippen molar-refractivity contribution in [1.29, 1.82) is 0 Å². The Morgan fingerprint density at radius 1 is 1.55 bits per heavy atom. The standard InChI is InChI=1S/C9H14O2/c1-7(2)5-6-11-9(10)8(3)4/h5-7H,3H2,1-2,4H3/b6-5+. The van der Waals surface area contributed by atoms with Gasteiger partial charge in [-0.2, -0.15) is 0 Å². The van der Waals surface area contributed by atoms with E-state index in [1.54, 1.807) is 13.0 Å². The van der Waals surface area contributed by atoms with Crippen LogP contribution in [0, 0.1) is 5.92 Å². The second kappa shape index (κ2) is 4.72. The lowest BCUT2D eigenvalue weighted by atomic mass is 10.2. The topological polar surface area (TPSA) is 26.3 Å². The molecule has 0 fully saturated rings. The van der Waals surface area contributed by atoms with E-state index in [0.29, 0.717) is 11.5 Å². The minimum Gasteiger partial charge on any atom is -0.431 e. The second-order valence-electron chi connectivity index (χ2n) is 2.76. The Bertz CT molecular complexity index is 178. The molecule has 0 aromatic heterocycles. The monoisotopic (exact) mass is 154 g/mol. The predicted molar refractivity (Wildman–Crippen MR) is 44.9 cm³/mol. The van der Waals surface area contributed by atoms with Crippen LogP contribution >= 0.6 is 0 Å². The normalized spacial score (nSPS) is 10.5. The van der Waals surface area contributed by atoms with Gasteiger partial charge in [-0.25, -0.2) is 4.79 Å². The van der Waals surface area contributed by atoms with Crippen LogP contribution in [0.25, 0.3) is 0 Å². The van der Waals surface area contributed by atoms with Gasteiger partial charge in [0.2, 0.25) is 0 Å². The van der Waals surface area contributed by atoms with Crippen LogP contribution in [0.5, 0.6) is 0 Å². The van der Waals surface area contributed by atoms with Gasteiger partial charge in [0.25, 0.3) is 0 Å². The highest BCUT2D eigenvalue weighted by Crippen LogP contribution is 1.96. The van der Waals surface area contributed by atoms with E-state index in [9.17, 15) is 4.79 Å². The van der Waals surface area contributed by atoms with Gasteiger partial charge in [0.1, 0.15) is 0 Å². The number of rotatable bonds is 3. The zero-order valence-electron chi connectivity index (χ0n) is 7.26. The molecular formula is C9H14O2. The van der Waals surface area contributed by atoms with Gasteiger partial charge in [-0.3, -0.25) is 0 Å². The SMILES string of the molecule is C=C(C)C(=O)O/C=C/C(C)C. The van der Waals surface area contributed by atoms with Crippen LogP contribution in [0.3, 0.4) is 0 Å². The molecule has 0 aliphatic rings. The fourth-order valence-corrected chi connectivity index (χ4v) is 0.359. The molecule has 62 valence electrons. The highest BCUT2D eigenvalue weighted by Gasteiger charge is 1.98. The van der Waals surface area contributed by atoms with E-state index in [2.05, 4.69) is 6.58 Å². The van der Waals surface area contributed by atoms with Crippen LogP contribution in [0.4, 0.5) is 0 Å². The van der Waals surface area contributed by atoms with E-state index >= 15 is 0 Å². The summed E-state index contributed by atoms with van der Waals surface area (Å²) in [5.74, 6) is 0.0230. The van der Waals surface area contributed by atoms with E-state index in [-0.39, 0.29) is 5.97 Å². The molecule has 0 atom stereocenters. The molecule has 2 nitrogen and oxygen atoms in total. The molecule has 0 aliphatic heterocycles. The van der Waals surface area contributed by atoms with Gasteiger partial charge in [-0.1, -0.05) is 20.4 Å². The van der Waals surface area contributed by atoms with Gasteiger partial charge in [0.15, 0.2) is 0 Å². The average Bonchev–Trinajstić information content (AvgIpc) is 1.86. The average molecular weight is 154 g/mol. The third kappa shape index (κ3) is 5.40. The number of esters is 1. The quantitative estimate of drug-likeness (QED) is 0.354. The van der Waals surface area contributed by atoms with Crippen LogP contribution < -0.4 is 0 Å². The number of hydrogen-bond donors (Lipinski definition) is 0. The van der Waals surface area contributed by atoms with Crippen molar-refractivity contribution in [3.63, 3.8) is 0 Å². The molecule has 0 N–H and O–H groups in total. The summed E-state index contributed by atoms with van der Waals surface area (Å²) in [6.45, 7) is 9.07. The van der Waals surface area contributed by atoms with E-state index < -0.39 is 0 Å². The van der Waals surface area contributed by atoms with Crippen LogP contribution in [0.2, 0.25) is 0 Å². The Kier molecular flexibility index (Phi) is 4.27. The molecule has 2 heteroatoms. The lowest BCUT2D eigenvalue weighted by Gasteiger charge is -1.97. The van der Waals surface area contributed by atoms with Crippen LogP contribution in [0.15, 0.2) is 24.5 Å². The molecule has 0 aromatic carbocycles. The zero-order valence-corrected chi connectivity index (χ0v) is 7.26. The van der Waals surface area contributed by atoms with E-state index in [4.69, 9.17) is 4.74 Å². The third-order valence-electron chi connectivity index (χ3n) is 0.987. The second-order valence-corrected chi connectivity index (χ2v) is 2.76. The summed E-state index contributed by atoms with van der Waals surface area (Å²) in [6.07, 6.45) is 3.21. The van der Waals surface area contributed by atoms with Crippen molar-refractivity contribution in [2.75, 3.05) is 0 Å². The van der Waals surface area contributed by atoms with Gasteiger partial charge in [-0.05, 0) is 18.9 Å². The first kappa shape index (κ1) is 9.95. The molecule has 0 aliphatic carbocycles. The molecule has 0 radical (unpaired) electrons. The van der Waals surface area contributed by atoms with Crippen LogP contribution in [-0.2, 0) is 9.53 Å². The number of carbonyl (C=O) groups is 1. The molecule has 11 heavy (non-hydrogen) atoms. The molecule has 0 bridgehead atoms. The summed E-state index contributed by atoms with van der Waals surface area (Å²) >= 11 is 0. The van der Waals surface area contributed by atoms with Gasteiger partial charge in [0, 0.05) is 5.57 Å². The fourth-order valence-electron chi connectivity index (χ4n) is 0.359. The first-order valence-corrected chi connectivity index (χ1v) is 3.57. The molecule has 0 saturated carbocycles. The number of allylic oxidation sites excluding steroid dienone is 1. The predicted octanol–water partition coefficient (Wildman–Crippen LogP) is 2.28. The van der Waals surface area contributed by atoms with Crippen molar-refractivity contribution < 1.29 is 9.53 Å². The first-order valence-electron chi connectivity index (χ1n) is 3.57. The summed E-state index contributed by atoms with van der Waals surface area (Å²) in [5.41, 5.74) is 0.415. The minimum absolute atomic E-state index is 0.373. The summed E-state index contributed by atoms with van der Waals surface area (Å²) < 4.78 is 4.70. The van der Waals surface area contributed by atoms with Gasteiger partial charge in [0.05, 0.1) is 6.26 Å². The molecular weight excluding hydrogens is 140 g/mol. The number of ether oxygens (including phenoxy) is 1. The largest absolute Gasteiger partial charge is 0.431 e. The van der Waals surface area contributed by atoms with Crippen molar-refractivity contribution in [3.8, 4) is 0 Å². The van der Waals surface area contributed by atoms with Gasteiger partial charge < -0.3 is 4.74 Å². The van der Waals surface area contributed by atoms with E-state index in [1.165, 1.54) is 6.26 Å². The van der Waals surface area contributed by atoms with Crippen molar-refractivity contribution in [2.45, 2.75) is 20.8 Å². The zero-order chi connectivity index (χ0) is 8.85. The van der Waals surface area contributed by atoms with Crippen molar-refractivity contribution in [3.05, 3.63) is 24.5 Å². The van der Waals surface area contributed by atoms with Crippen molar-refractivity contribution in [2.24, 2.45) is 5.92 Å². The van der Waals surface area contributed by atoms with E-state index in [1.807, 2.05) is 13.8 Å². The highest BCUT2D eigenvalue weighted by atomic mass is 16.5. The molecule has 0 aromatic rings. The Hall–Kier alpha value is -1.05. The summed E-state index contributed by atoms with van der Waals surface area (Å²) in [7, 11) is 0. The summed E-state index contributed by atoms with van der Waals surface area (Å²) in [5, 5.41) is 0. The van der Waals surface area contributed by atoms with Gasteiger partial charge in [-0.15, -0.1) is 0 Å². The first-order chi connectivity index (χ1) is 5.04. The molecule has 0 spiro atoms. The molecule has 0 heterocycles. The number of carbonyl (C=O) groups excluding carboxylic acids is 1.